The van der Waals surface area contributed by atoms with E-state index in [-0.39, 0.29) is 11.9 Å². The maximum absolute atomic E-state index is 11.9. The zero-order chi connectivity index (χ0) is 18.6. The standard InChI is InChI=1S/C22H24N4O/c1-16(17-9-11-19(12-10-17)26-13-5-8-22(26)27)23-15-21-24-14-20(25-21)18-6-3-2-4-7-18/h2-4,6-7,9-12,14,16,23H,5,8,13,15H2,1H3,(H,24,25). The third-order valence-electron chi connectivity index (χ3n) is 5.07. The first-order chi connectivity index (χ1) is 13.2. The Labute approximate surface area is 159 Å². The Balaban J connectivity index is 1.36. The number of nitrogens with zero attached hydrogens (tertiary/aromatic N) is 2. The van der Waals surface area contributed by atoms with Gasteiger partial charge in [0.1, 0.15) is 5.82 Å². The van der Waals surface area contributed by atoms with Crippen LogP contribution < -0.4 is 10.2 Å². The van der Waals surface area contributed by atoms with Crippen LogP contribution in [0.5, 0.6) is 0 Å². The molecule has 1 fully saturated rings. The summed E-state index contributed by atoms with van der Waals surface area (Å²) < 4.78 is 0. The third kappa shape index (κ3) is 3.93. The van der Waals surface area contributed by atoms with Gasteiger partial charge in [0.2, 0.25) is 5.91 Å². The highest BCUT2D eigenvalue weighted by Gasteiger charge is 2.21. The van der Waals surface area contributed by atoms with Crippen LogP contribution in [0.2, 0.25) is 0 Å². The van der Waals surface area contributed by atoms with Crippen LogP contribution in [0, 0.1) is 0 Å². The average Bonchev–Trinajstić information content (AvgIpc) is 3.36. The predicted molar refractivity (Wildman–Crippen MR) is 107 cm³/mol. The third-order valence-corrected chi connectivity index (χ3v) is 5.07. The Kier molecular flexibility index (Phi) is 5.03. The fraction of sp³-hybridized carbons (Fsp3) is 0.273. The molecule has 1 aromatic heterocycles. The number of rotatable bonds is 6. The highest BCUT2D eigenvalue weighted by atomic mass is 16.2. The van der Waals surface area contributed by atoms with Crippen molar-refractivity contribution in [1.82, 2.24) is 15.3 Å². The van der Waals surface area contributed by atoms with Crippen molar-refractivity contribution in [3.63, 3.8) is 0 Å². The Morgan fingerprint density at radius 1 is 1.15 bits per heavy atom. The van der Waals surface area contributed by atoms with E-state index in [4.69, 9.17) is 0 Å². The number of aromatic nitrogens is 2. The van der Waals surface area contributed by atoms with Gasteiger partial charge in [-0.2, -0.15) is 0 Å². The van der Waals surface area contributed by atoms with Crippen LogP contribution in [0.25, 0.3) is 11.3 Å². The number of hydrogen-bond donors (Lipinski definition) is 2. The van der Waals surface area contributed by atoms with Gasteiger partial charge in [0.25, 0.3) is 0 Å². The van der Waals surface area contributed by atoms with Gasteiger partial charge in [0, 0.05) is 24.7 Å². The highest BCUT2D eigenvalue weighted by Crippen LogP contribution is 2.23. The van der Waals surface area contributed by atoms with Crippen molar-refractivity contribution in [2.24, 2.45) is 0 Å². The fourth-order valence-electron chi connectivity index (χ4n) is 3.45. The maximum atomic E-state index is 11.9. The number of carbonyl (C=O) groups excluding carboxylic acids is 1. The van der Waals surface area contributed by atoms with Crippen molar-refractivity contribution in [3.8, 4) is 11.3 Å². The minimum atomic E-state index is 0.193. The molecule has 1 atom stereocenters. The summed E-state index contributed by atoms with van der Waals surface area (Å²) in [6, 6.07) is 18.7. The first-order valence-electron chi connectivity index (χ1n) is 9.44. The van der Waals surface area contributed by atoms with E-state index in [1.807, 2.05) is 41.4 Å². The molecule has 0 saturated carbocycles. The van der Waals surface area contributed by atoms with Crippen molar-refractivity contribution < 1.29 is 4.79 Å². The number of carbonyl (C=O) groups is 1. The van der Waals surface area contributed by atoms with E-state index in [1.165, 1.54) is 5.56 Å². The van der Waals surface area contributed by atoms with Gasteiger partial charge >= 0.3 is 0 Å². The minimum Gasteiger partial charge on any atom is -0.341 e. The molecular formula is C22H24N4O. The molecule has 2 N–H and O–H groups in total. The summed E-state index contributed by atoms with van der Waals surface area (Å²) in [6.45, 7) is 3.63. The van der Waals surface area contributed by atoms with Crippen molar-refractivity contribution in [3.05, 3.63) is 72.2 Å². The van der Waals surface area contributed by atoms with Crippen molar-refractivity contribution >= 4 is 11.6 Å². The molecule has 2 aromatic carbocycles. The van der Waals surface area contributed by atoms with Crippen LogP contribution in [0.1, 0.15) is 37.2 Å². The molecule has 0 bridgehead atoms. The zero-order valence-electron chi connectivity index (χ0n) is 15.5. The van der Waals surface area contributed by atoms with Gasteiger partial charge in [-0.1, -0.05) is 42.5 Å². The first-order valence-corrected chi connectivity index (χ1v) is 9.44. The van der Waals surface area contributed by atoms with Gasteiger partial charge in [-0.05, 0) is 36.6 Å². The van der Waals surface area contributed by atoms with E-state index in [9.17, 15) is 4.79 Å². The number of hydrogen-bond acceptors (Lipinski definition) is 3. The zero-order valence-corrected chi connectivity index (χ0v) is 15.5. The summed E-state index contributed by atoms with van der Waals surface area (Å²) in [7, 11) is 0. The average molecular weight is 360 g/mol. The topological polar surface area (TPSA) is 61.0 Å². The molecular weight excluding hydrogens is 336 g/mol. The number of amides is 1. The summed E-state index contributed by atoms with van der Waals surface area (Å²) in [5, 5.41) is 3.50. The summed E-state index contributed by atoms with van der Waals surface area (Å²) in [5.74, 6) is 1.14. The van der Waals surface area contributed by atoms with Gasteiger partial charge in [-0.3, -0.25) is 4.79 Å². The summed E-state index contributed by atoms with van der Waals surface area (Å²) in [5.41, 5.74) is 4.35. The summed E-state index contributed by atoms with van der Waals surface area (Å²) >= 11 is 0. The highest BCUT2D eigenvalue weighted by molar-refractivity contribution is 5.95. The molecule has 27 heavy (non-hydrogen) atoms. The monoisotopic (exact) mass is 360 g/mol. The van der Waals surface area contributed by atoms with Crippen LogP contribution >= 0.6 is 0 Å². The van der Waals surface area contributed by atoms with Gasteiger partial charge in [-0.25, -0.2) is 4.98 Å². The van der Waals surface area contributed by atoms with Gasteiger partial charge < -0.3 is 15.2 Å². The molecule has 3 aromatic rings. The van der Waals surface area contributed by atoms with Crippen LogP contribution in [0.15, 0.2) is 60.8 Å². The number of imidazole rings is 1. The first kappa shape index (κ1) is 17.5. The van der Waals surface area contributed by atoms with E-state index >= 15 is 0 Å². The molecule has 0 spiro atoms. The van der Waals surface area contributed by atoms with Crippen LogP contribution in [-0.4, -0.2) is 22.4 Å². The molecule has 1 aliphatic heterocycles. The van der Waals surface area contributed by atoms with Crippen molar-refractivity contribution in [2.75, 3.05) is 11.4 Å². The Morgan fingerprint density at radius 3 is 2.63 bits per heavy atom. The van der Waals surface area contributed by atoms with Gasteiger partial charge in [-0.15, -0.1) is 0 Å². The van der Waals surface area contributed by atoms with Crippen LogP contribution in [0.4, 0.5) is 5.69 Å². The van der Waals surface area contributed by atoms with E-state index < -0.39 is 0 Å². The molecule has 1 aliphatic rings. The molecule has 5 heteroatoms. The molecule has 2 heterocycles. The molecule has 1 unspecified atom stereocenters. The Hall–Kier alpha value is -2.92. The lowest BCUT2D eigenvalue weighted by Crippen LogP contribution is -2.23. The minimum absolute atomic E-state index is 0.193. The molecule has 5 nitrogen and oxygen atoms in total. The SMILES string of the molecule is CC(NCc1ncc(-c2ccccc2)[nH]1)c1ccc(N2CCCC2=O)cc1. The molecule has 0 aliphatic carbocycles. The number of benzene rings is 2. The van der Waals surface area contributed by atoms with E-state index in [0.717, 1.165) is 35.7 Å². The normalized spacial score (nSPS) is 15.3. The quantitative estimate of drug-likeness (QED) is 0.697. The summed E-state index contributed by atoms with van der Waals surface area (Å²) in [4.78, 5) is 21.6. The Morgan fingerprint density at radius 2 is 1.93 bits per heavy atom. The number of H-pyrrole nitrogens is 1. The number of anilines is 1. The van der Waals surface area contributed by atoms with Gasteiger partial charge in [0.15, 0.2) is 0 Å². The predicted octanol–water partition coefficient (Wildman–Crippen LogP) is 4.05. The fourth-order valence-corrected chi connectivity index (χ4v) is 3.45. The molecule has 1 amide bonds. The van der Waals surface area contributed by atoms with E-state index in [2.05, 4.69) is 46.5 Å². The number of aromatic amines is 1. The van der Waals surface area contributed by atoms with Crippen molar-refractivity contribution in [1.29, 1.82) is 0 Å². The lowest BCUT2D eigenvalue weighted by atomic mass is 10.1. The molecule has 138 valence electrons. The van der Waals surface area contributed by atoms with Crippen LogP contribution in [-0.2, 0) is 11.3 Å². The smallest absolute Gasteiger partial charge is 0.227 e. The second-order valence-electron chi connectivity index (χ2n) is 6.95. The molecule has 4 rings (SSSR count). The second kappa shape index (κ2) is 7.76. The Bertz CT molecular complexity index is 902. The van der Waals surface area contributed by atoms with E-state index in [1.54, 1.807) is 0 Å². The summed E-state index contributed by atoms with van der Waals surface area (Å²) in [6.07, 6.45) is 3.49. The lowest BCUT2D eigenvalue weighted by Gasteiger charge is -2.18. The largest absolute Gasteiger partial charge is 0.341 e. The lowest BCUT2D eigenvalue weighted by molar-refractivity contribution is -0.117. The van der Waals surface area contributed by atoms with Crippen molar-refractivity contribution in [2.45, 2.75) is 32.4 Å². The molecule has 1 saturated heterocycles. The van der Waals surface area contributed by atoms with Gasteiger partial charge in [0.05, 0.1) is 18.4 Å². The number of nitrogens with one attached hydrogen (secondary N) is 2. The maximum Gasteiger partial charge on any atom is 0.227 e. The van der Waals surface area contributed by atoms with E-state index in [0.29, 0.717) is 13.0 Å². The second-order valence-corrected chi connectivity index (χ2v) is 6.95. The molecule has 0 radical (unpaired) electrons. The van der Waals surface area contributed by atoms with Crippen LogP contribution in [0.3, 0.4) is 0 Å².